The van der Waals surface area contributed by atoms with Crippen LogP contribution in [0.2, 0.25) is 0 Å². The molecule has 4 rings (SSSR count). The average molecular weight is 386 g/mol. The van der Waals surface area contributed by atoms with Crippen LogP contribution in [-0.2, 0) is 0 Å². The third-order valence-electron chi connectivity index (χ3n) is 4.61. The monoisotopic (exact) mass is 386 g/mol. The van der Waals surface area contributed by atoms with Crippen molar-refractivity contribution in [2.45, 2.75) is 26.9 Å². The van der Waals surface area contributed by atoms with Crippen molar-refractivity contribution in [3.05, 3.63) is 72.2 Å². The number of nitrogens with zero attached hydrogens (tertiary/aromatic N) is 3. The van der Waals surface area contributed by atoms with Crippen molar-refractivity contribution in [1.29, 1.82) is 0 Å². The highest BCUT2D eigenvalue weighted by molar-refractivity contribution is 5.80. The fourth-order valence-corrected chi connectivity index (χ4v) is 3.22. The van der Waals surface area contributed by atoms with E-state index in [4.69, 9.17) is 4.74 Å². The Labute approximate surface area is 169 Å². The molecule has 0 unspecified atom stereocenters. The molecule has 2 aromatic carbocycles. The molecule has 6 heteroatoms. The zero-order valence-corrected chi connectivity index (χ0v) is 16.6. The van der Waals surface area contributed by atoms with Crippen LogP contribution >= 0.6 is 0 Å². The molecule has 0 spiro atoms. The van der Waals surface area contributed by atoms with Gasteiger partial charge in [-0.05, 0) is 68.8 Å². The van der Waals surface area contributed by atoms with Crippen molar-refractivity contribution in [3.63, 3.8) is 0 Å². The Kier molecular flexibility index (Phi) is 4.99. The van der Waals surface area contributed by atoms with E-state index in [-0.39, 0.29) is 6.10 Å². The summed E-state index contributed by atoms with van der Waals surface area (Å²) >= 11 is 0. The molecule has 0 bridgehead atoms. The lowest BCUT2D eigenvalue weighted by molar-refractivity contribution is 0.112. The smallest absolute Gasteiger partial charge is 0.180 e. The highest BCUT2D eigenvalue weighted by Crippen LogP contribution is 2.27. The maximum atomic E-state index is 11.0. The van der Waals surface area contributed by atoms with E-state index in [0.717, 1.165) is 40.2 Å². The van der Waals surface area contributed by atoms with Crippen molar-refractivity contribution >= 4 is 23.4 Å². The Hall–Kier alpha value is -3.67. The lowest BCUT2D eigenvalue weighted by Gasteiger charge is -2.11. The Bertz CT molecular complexity index is 1160. The van der Waals surface area contributed by atoms with Gasteiger partial charge in [0.1, 0.15) is 12.0 Å². The number of hydrogen-bond acceptors (Lipinski definition) is 5. The molecule has 0 fully saturated rings. The Morgan fingerprint density at radius 1 is 1.10 bits per heavy atom. The summed E-state index contributed by atoms with van der Waals surface area (Å²) in [6.07, 6.45) is 6.46. The van der Waals surface area contributed by atoms with Crippen LogP contribution < -0.4 is 10.1 Å². The molecule has 0 aliphatic carbocycles. The summed E-state index contributed by atoms with van der Waals surface area (Å²) in [5.41, 5.74) is 5.17. The van der Waals surface area contributed by atoms with Crippen LogP contribution in [0.15, 0.2) is 61.1 Å². The normalized spacial score (nSPS) is 11.0. The number of hydrogen-bond donors (Lipinski definition) is 1. The number of fused-ring (bicyclic) bond motifs is 1. The van der Waals surface area contributed by atoms with E-state index in [1.54, 1.807) is 12.3 Å². The number of aldehydes is 1. The van der Waals surface area contributed by atoms with Gasteiger partial charge in [-0.1, -0.05) is 0 Å². The molecule has 0 aliphatic heterocycles. The molecule has 2 aromatic heterocycles. The molecule has 0 amide bonds. The zero-order valence-electron chi connectivity index (χ0n) is 16.6. The SMILES string of the molecule is Cc1cc(Nc2nccn3c(-c4ccc(OC(C)C)cc4)cnc23)ccc1C=O. The van der Waals surface area contributed by atoms with Gasteiger partial charge in [0, 0.05) is 29.2 Å². The molecule has 2 heterocycles. The summed E-state index contributed by atoms with van der Waals surface area (Å²) in [6, 6.07) is 13.6. The van der Waals surface area contributed by atoms with E-state index in [0.29, 0.717) is 11.4 Å². The third-order valence-corrected chi connectivity index (χ3v) is 4.61. The highest BCUT2D eigenvalue weighted by Gasteiger charge is 2.11. The minimum absolute atomic E-state index is 0.139. The van der Waals surface area contributed by atoms with Crippen LogP contribution in [0.4, 0.5) is 11.5 Å². The quantitative estimate of drug-likeness (QED) is 0.470. The first kappa shape index (κ1) is 18.7. The van der Waals surface area contributed by atoms with E-state index < -0.39 is 0 Å². The first-order chi connectivity index (χ1) is 14.0. The summed E-state index contributed by atoms with van der Waals surface area (Å²) in [6.45, 7) is 5.92. The average Bonchev–Trinajstić information content (AvgIpc) is 3.13. The fraction of sp³-hybridized carbons (Fsp3) is 0.174. The number of aryl methyl sites for hydroxylation is 1. The summed E-state index contributed by atoms with van der Waals surface area (Å²) in [5, 5.41) is 3.30. The molecule has 0 aliphatic rings. The first-order valence-corrected chi connectivity index (χ1v) is 9.47. The van der Waals surface area contributed by atoms with Gasteiger partial charge in [-0.3, -0.25) is 9.20 Å². The van der Waals surface area contributed by atoms with E-state index in [2.05, 4.69) is 15.3 Å². The van der Waals surface area contributed by atoms with E-state index >= 15 is 0 Å². The molecule has 6 nitrogen and oxygen atoms in total. The second kappa shape index (κ2) is 7.75. The fourth-order valence-electron chi connectivity index (χ4n) is 3.22. The van der Waals surface area contributed by atoms with Crippen LogP contribution in [0.1, 0.15) is 29.8 Å². The predicted octanol–water partition coefficient (Wildman–Crippen LogP) is 5.05. The van der Waals surface area contributed by atoms with Gasteiger partial charge in [0.2, 0.25) is 0 Å². The van der Waals surface area contributed by atoms with Crippen molar-refractivity contribution < 1.29 is 9.53 Å². The maximum Gasteiger partial charge on any atom is 0.180 e. The summed E-state index contributed by atoms with van der Waals surface area (Å²) in [4.78, 5) is 20.0. The number of carbonyl (C=O) groups excluding carboxylic acids is 1. The molecule has 146 valence electrons. The zero-order chi connectivity index (χ0) is 20.4. The molecule has 1 N–H and O–H groups in total. The van der Waals surface area contributed by atoms with Gasteiger partial charge in [-0.2, -0.15) is 0 Å². The predicted molar refractivity (Wildman–Crippen MR) is 114 cm³/mol. The van der Waals surface area contributed by atoms with Gasteiger partial charge in [-0.15, -0.1) is 0 Å². The molecule has 0 radical (unpaired) electrons. The van der Waals surface area contributed by atoms with Crippen LogP contribution in [0.3, 0.4) is 0 Å². The van der Waals surface area contributed by atoms with Gasteiger partial charge in [0.25, 0.3) is 0 Å². The number of ether oxygens (including phenoxy) is 1. The van der Waals surface area contributed by atoms with E-state index in [1.165, 1.54) is 0 Å². The Balaban J connectivity index is 1.66. The van der Waals surface area contributed by atoms with E-state index in [1.807, 2.05) is 74.0 Å². The second-order valence-corrected chi connectivity index (χ2v) is 7.12. The Morgan fingerprint density at radius 3 is 2.59 bits per heavy atom. The van der Waals surface area contributed by atoms with Crippen molar-refractivity contribution in [2.24, 2.45) is 0 Å². The number of rotatable bonds is 6. The molecular formula is C23H22N4O2. The van der Waals surface area contributed by atoms with Crippen molar-refractivity contribution in [1.82, 2.24) is 14.4 Å². The molecule has 0 saturated heterocycles. The lowest BCUT2D eigenvalue weighted by Crippen LogP contribution is -2.05. The first-order valence-electron chi connectivity index (χ1n) is 9.47. The number of aromatic nitrogens is 3. The van der Waals surface area contributed by atoms with Gasteiger partial charge in [-0.25, -0.2) is 9.97 Å². The third kappa shape index (κ3) is 3.82. The number of nitrogens with one attached hydrogen (secondary N) is 1. The second-order valence-electron chi connectivity index (χ2n) is 7.12. The van der Waals surface area contributed by atoms with Crippen molar-refractivity contribution in [2.75, 3.05) is 5.32 Å². The number of imidazole rings is 1. The van der Waals surface area contributed by atoms with Crippen LogP contribution in [0.25, 0.3) is 16.9 Å². The summed E-state index contributed by atoms with van der Waals surface area (Å²) < 4.78 is 7.72. The maximum absolute atomic E-state index is 11.0. The number of benzene rings is 2. The molecule has 29 heavy (non-hydrogen) atoms. The minimum atomic E-state index is 0.139. The van der Waals surface area contributed by atoms with Crippen LogP contribution in [0.5, 0.6) is 5.75 Å². The topological polar surface area (TPSA) is 68.5 Å². The lowest BCUT2D eigenvalue weighted by atomic mass is 10.1. The molecule has 0 atom stereocenters. The van der Waals surface area contributed by atoms with Crippen LogP contribution in [0, 0.1) is 6.92 Å². The van der Waals surface area contributed by atoms with Crippen LogP contribution in [-0.4, -0.2) is 26.8 Å². The number of anilines is 2. The molecular weight excluding hydrogens is 364 g/mol. The van der Waals surface area contributed by atoms with Gasteiger partial charge >= 0.3 is 0 Å². The van der Waals surface area contributed by atoms with Gasteiger partial charge < -0.3 is 10.1 Å². The molecule has 0 saturated carbocycles. The minimum Gasteiger partial charge on any atom is -0.491 e. The highest BCUT2D eigenvalue weighted by atomic mass is 16.5. The van der Waals surface area contributed by atoms with Gasteiger partial charge in [0.05, 0.1) is 18.0 Å². The summed E-state index contributed by atoms with van der Waals surface area (Å²) in [5.74, 6) is 1.49. The standard InChI is InChI=1S/C23H22N4O2/c1-15(2)29-20-8-5-17(6-9-20)21-13-25-23-22(24-10-11-27(21)23)26-19-7-4-18(14-28)16(3)12-19/h4-15H,1-3H3,(H,24,26). The Morgan fingerprint density at radius 2 is 1.90 bits per heavy atom. The molecule has 4 aromatic rings. The van der Waals surface area contributed by atoms with Gasteiger partial charge in [0.15, 0.2) is 11.5 Å². The van der Waals surface area contributed by atoms with Crippen molar-refractivity contribution in [3.8, 4) is 17.0 Å². The summed E-state index contributed by atoms with van der Waals surface area (Å²) in [7, 11) is 0. The number of carbonyl (C=O) groups is 1. The largest absolute Gasteiger partial charge is 0.491 e. The van der Waals surface area contributed by atoms with E-state index in [9.17, 15) is 4.79 Å².